The lowest BCUT2D eigenvalue weighted by atomic mass is 10.0. The Labute approximate surface area is 229 Å². The van der Waals surface area contributed by atoms with Gasteiger partial charge in [-0.2, -0.15) is 5.26 Å². The molecule has 0 aliphatic heterocycles. The zero-order valence-electron chi connectivity index (χ0n) is 20.8. The molecular formula is C28H28Cl2N2O6. The predicted molar refractivity (Wildman–Crippen MR) is 149 cm³/mol. The molecule has 0 fully saturated rings. The molecule has 4 rings (SSSR count). The van der Waals surface area contributed by atoms with Crippen molar-refractivity contribution in [2.45, 2.75) is 45.4 Å². The molecule has 38 heavy (non-hydrogen) atoms. The number of carboxylic acid groups (broad SMARTS) is 1. The van der Waals surface area contributed by atoms with Crippen molar-refractivity contribution in [3.63, 3.8) is 0 Å². The van der Waals surface area contributed by atoms with E-state index in [9.17, 15) is 9.59 Å². The van der Waals surface area contributed by atoms with Crippen LogP contribution in [-0.4, -0.2) is 17.6 Å². The molecular weight excluding hydrogens is 531 g/mol. The first-order chi connectivity index (χ1) is 18.1. The summed E-state index contributed by atoms with van der Waals surface area (Å²) in [4.78, 5) is 31.8. The highest BCUT2D eigenvalue weighted by atomic mass is 35.5. The first-order valence-electron chi connectivity index (χ1n) is 11.9. The van der Waals surface area contributed by atoms with Crippen LogP contribution in [-0.2, 0) is 17.6 Å². The highest BCUT2D eigenvalue weighted by Crippen LogP contribution is 2.23. The van der Waals surface area contributed by atoms with Crippen LogP contribution in [0.3, 0.4) is 0 Å². The number of aliphatic carboxylic acids is 1. The summed E-state index contributed by atoms with van der Waals surface area (Å²) >= 11 is 11.9. The van der Waals surface area contributed by atoms with E-state index in [2.05, 4.69) is 6.07 Å². The van der Waals surface area contributed by atoms with Gasteiger partial charge in [-0.3, -0.25) is 4.79 Å². The largest absolute Gasteiger partial charge is 0.481 e. The van der Waals surface area contributed by atoms with Gasteiger partial charge in [0.1, 0.15) is 11.2 Å². The van der Waals surface area contributed by atoms with Gasteiger partial charge in [-0.15, -0.1) is 0 Å². The lowest BCUT2D eigenvalue weighted by Crippen LogP contribution is -2.03. The van der Waals surface area contributed by atoms with Gasteiger partial charge >= 0.3 is 11.3 Å². The van der Waals surface area contributed by atoms with E-state index in [4.69, 9.17) is 52.9 Å². The van der Waals surface area contributed by atoms with E-state index in [-0.39, 0.29) is 11.3 Å². The molecule has 10 heteroatoms. The average molecular weight is 559 g/mol. The summed E-state index contributed by atoms with van der Waals surface area (Å²) in [6.07, 6.45) is 4.60. The van der Waals surface area contributed by atoms with Gasteiger partial charge in [0.25, 0.3) is 5.97 Å². The fourth-order valence-corrected chi connectivity index (χ4v) is 3.98. The minimum Gasteiger partial charge on any atom is -0.481 e. The van der Waals surface area contributed by atoms with Gasteiger partial charge in [-0.05, 0) is 86.2 Å². The van der Waals surface area contributed by atoms with Crippen LogP contribution < -0.4 is 17.0 Å². The van der Waals surface area contributed by atoms with Crippen LogP contribution in [0.4, 0.5) is 0 Å². The molecule has 0 saturated heterocycles. The summed E-state index contributed by atoms with van der Waals surface area (Å²) in [5.74, 6) is -0.833. The topological polar surface area (TPSA) is 148 Å². The van der Waals surface area contributed by atoms with Gasteiger partial charge in [-0.1, -0.05) is 23.2 Å². The highest BCUT2D eigenvalue weighted by molar-refractivity contribution is 6.31. The summed E-state index contributed by atoms with van der Waals surface area (Å²) in [5, 5.41) is 18.9. The predicted octanol–water partition coefficient (Wildman–Crippen LogP) is 6.11. The van der Waals surface area contributed by atoms with Gasteiger partial charge < -0.3 is 19.7 Å². The molecule has 0 radical (unpaired) electrons. The molecule has 4 aromatic rings. The summed E-state index contributed by atoms with van der Waals surface area (Å²) in [6.45, 7) is 1.75. The van der Waals surface area contributed by atoms with Crippen LogP contribution >= 0.6 is 23.2 Å². The van der Waals surface area contributed by atoms with E-state index in [1.54, 1.807) is 30.3 Å². The molecule has 0 unspecified atom stereocenters. The number of nitrogens with zero attached hydrogens (tertiary/aromatic N) is 1. The Morgan fingerprint density at radius 3 is 1.74 bits per heavy atom. The average Bonchev–Trinajstić information content (AvgIpc) is 2.85. The van der Waals surface area contributed by atoms with Crippen LogP contribution in [0.25, 0.3) is 21.9 Å². The van der Waals surface area contributed by atoms with Crippen molar-refractivity contribution in [3.8, 4) is 6.07 Å². The third-order valence-corrected chi connectivity index (χ3v) is 5.69. The van der Waals surface area contributed by atoms with Crippen LogP contribution in [0.5, 0.6) is 0 Å². The van der Waals surface area contributed by atoms with Crippen LogP contribution in [0.2, 0.25) is 10.0 Å². The number of benzene rings is 2. The molecule has 2 aromatic carbocycles. The Morgan fingerprint density at radius 1 is 0.868 bits per heavy atom. The number of rotatable bonds is 7. The Hall–Kier alpha value is -3.64. The summed E-state index contributed by atoms with van der Waals surface area (Å²) < 4.78 is 10.2. The second-order valence-electron chi connectivity index (χ2n) is 8.24. The number of hydrogen-bond donors (Lipinski definition) is 2. The molecule has 3 N–H and O–H groups in total. The Balaban J connectivity index is 0.000000234. The molecule has 2 heterocycles. The fourth-order valence-electron chi connectivity index (χ4n) is 3.63. The molecule has 0 saturated carbocycles. The number of fused-ring (bicyclic) bond motifs is 2. The smallest absolute Gasteiger partial charge is 0.336 e. The zero-order chi connectivity index (χ0) is 28.1. The second kappa shape index (κ2) is 15.6. The van der Waals surface area contributed by atoms with Crippen molar-refractivity contribution < 1.29 is 18.7 Å². The van der Waals surface area contributed by atoms with Crippen LogP contribution in [0, 0.1) is 11.3 Å². The maximum absolute atomic E-state index is 11.4. The number of aryl methyl sites for hydroxylation is 2. The Morgan fingerprint density at radius 2 is 1.32 bits per heavy atom. The lowest BCUT2D eigenvalue weighted by Gasteiger charge is -2.05. The normalized spacial score (nSPS) is 10.2. The number of nitriles is 1. The van der Waals surface area contributed by atoms with Crippen LogP contribution in [0.1, 0.15) is 43.7 Å². The van der Waals surface area contributed by atoms with Crippen LogP contribution in [0.15, 0.2) is 67.0 Å². The Bertz CT molecular complexity index is 1530. The number of carboxylic acids is 1. The first-order valence-corrected chi connectivity index (χ1v) is 12.6. The van der Waals surface area contributed by atoms with E-state index in [0.29, 0.717) is 40.6 Å². The highest BCUT2D eigenvalue weighted by Gasteiger charge is 2.07. The molecule has 0 spiro atoms. The van der Waals surface area contributed by atoms with Crippen molar-refractivity contribution in [1.82, 2.24) is 0 Å². The van der Waals surface area contributed by atoms with Crippen molar-refractivity contribution >= 4 is 51.1 Å². The van der Waals surface area contributed by atoms with Gasteiger partial charge in [-0.25, -0.2) is 9.59 Å². The molecule has 0 aliphatic carbocycles. The standard InChI is InChI=1S/C13H14ClNO2.C13H10ClNO2.C2H4O2/c2*14-10-4-5-12-11(8-10)9(3-1-2-6-15)7-13(16)17-12;1-2(3)4/h4-5,7-8H,1-3,6,15H2;4-5,7-8H,1-3H2;1H3,(H,3,4). The fraction of sp³-hybridized carbons (Fsp3) is 0.286. The number of hydrogen-bond acceptors (Lipinski definition) is 7. The monoisotopic (exact) mass is 558 g/mol. The van der Waals surface area contributed by atoms with Gasteiger partial charge in [0, 0.05) is 46.3 Å². The SMILES string of the molecule is CC(=O)O.N#CCCCc1cc(=O)oc2ccc(Cl)cc12.NCCCCc1cc(=O)oc2ccc(Cl)cc12. The maximum Gasteiger partial charge on any atom is 0.336 e. The zero-order valence-corrected chi connectivity index (χ0v) is 22.3. The molecule has 0 atom stereocenters. The summed E-state index contributed by atoms with van der Waals surface area (Å²) in [5.41, 5.74) is 7.76. The number of carbonyl (C=O) groups is 1. The van der Waals surface area contributed by atoms with E-state index in [1.807, 2.05) is 6.07 Å². The number of halogens is 2. The lowest BCUT2D eigenvalue weighted by molar-refractivity contribution is -0.134. The molecule has 0 aliphatic rings. The molecule has 200 valence electrons. The van der Waals surface area contributed by atoms with E-state index >= 15 is 0 Å². The first kappa shape index (κ1) is 30.6. The minimum atomic E-state index is -0.833. The van der Waals surface area contributed by atoms with Crippen molar-refractivity contribution in [3.05, 3.63) is 90.5 Å². The maximum atomic E-state index is 11.4. The van der Waals surface area contributed by atoms with E-state index in [1.165, 1.54) is 12.1 Å². The van der Waals surface area contributed by atoms with Crippen molar-refractivity contribution in [2.75, 3.05) is 6.54 Å². The van der Waals surface area contributed by atoms with Gasteiger partial charge in [0.2, 0.25) is 0 Å². The second-order valence-corrected chi connectivity index (χ2v) is 9.11. The van der Waals surface area contributed by atoms with Gasteiger partial charge in [0.05, 0.1) is 6.07 Å². The minimum absolute atomic E-state index is 0.317. The third kappa shape index (κ3) is 10.0. The van der Waals surface area contributed by atoms with Gasteiger partial charge in [0.15, 0.2) is 0 Å². The number of nitrogens with two attached hydrogens (primary N) is 1. The third-order valence-electron chi connectivity index (χ3n) is 5.22. The molecule has 2 aromatic heterocycles. The molecule has 8 nitrogen and oxygen atoms in total. The quantitative estimate of drug-likeness (QED) is 0.204. The van der Waals surface area contributed by atoms with Crippen molar-refractivity contribution in [2.24, 2.45) is 5.73 Å². The van der Waals surface area contributed by atoms with Crippen molar-refractivity contribution in [1.29, 1.82) is 5.26 Å². The van der Waals surface area contributed by atoms with E-state index in [0.717, 1.165) is 54.5 Å². The van der Waals surface area contributed by atoms with E-state index < -0.39 is 5.97 Å². The molecule has 0 bridgehead atoms. The summed E-state index contributed by atoms with van der Waals surface area (Å²) in [6, 6.07) is 15.5. The number of unbranched alkanes of at least 4 members (excludes halogenated alkanes) is 2. The summed E-state index contributed by atoms with van der Waals surface area (Å²) in [7, 11) is 0. The molecule has 0 amide bonds. The Kier molecular flexibility index (Phi) is 12.5.